The van der Waals surface area contributed by atoms with Crippen LogP contribution in [0, 0.1) is 0 Å². The first-order valence-electron chi connectivity index (χ1n) is 7.19. The molecule has 1 saturated carbocycles. The van der Waals surface area contributed by atoms with Gasteiger partial charge in [0.15, 0.2) is 5.78 Å². The molecule has 0 aromatic heterocycles. The molecular formula is C16H22BrNO. The third-order valence-corrected chi connectivity index (χ3v) is 4.69. The lowest BCUT2D eigenvalue weighted by molar-refractivity contribution is 0.0775. The maximum Gasteiger partial charge on any atom is 0.179 e. The molecule has 1 aromatic rings. The van der Waals surface area contributed by atoms with Crippen molar-refractivity contribution < 1.29 is 4.79 Å². The van der Waals surface area contributed by atoms with Crippen LogP contribution in [0.5, 0.6) is 0 Å². The number of nitrogens with zero attached hydrogens (tertiary/aromatic N) is 1. The van der Waals surface area contributed by atoms with E-state index in [4.69, 9.17) is 0 Å². The van der Waals surface area contributed by atoms with Gasteiger partial charge in [0.1, 0.15) is 0 Å². The molecule has 1 atom stereocenters. The third kappa shape index (κ3) is 3.46. The van der Waals surface area contributed by atoms with Crippen LogP contribution in [-0.4, -0.2) is 29.3 Å². The largest absolute Gasteiger partial charge is 0.292 e. The zero-order chi connectivity index (χ0) is 13.8. The third-order valence-electron chi connectivity index (χ3n) is 4.16. The number of benzene rings is 1. The molecule has 1 fully saturated rings. The van der Waals surface area contributed by atoms with E-state index < -0.39 is 0 Å². The number of halogens is 1. The minimum absolute atomic E-state index is 0.0192. The summed E-state index contributed by atoms with van der Waals surface area (Å²) >= 11 is 3.41. The van der Waals surface area contributed by atoms with E-state index in [0.29, 0.717) is 6.04 Å². The molecule has 1 aromatic carbocycles. The van der Waals surface area contributed by atoms with Crippen LogP contribution >= 0.6 is 15.9 Å². The van der Waals surface area contributed by atoms with Gasteiger partial charge in [0.05, 0.1) is 6.04 Å². The van der Waals surface area contributed by atoms with E-state index in [1.807, 2.05) is 31.2 Å². The van der Waals surface area contributed by atoms with Gasteiger partial charge < -0.3 is 0 Å². The molecule has 0 saturated heterocycles. The smallest absolute Gasteiger partial charge is 0.179 e. The summed E-state index contributed by atoms with van der Waals surface area (Å²) in [5.74, 6) is 0.237. The lowest BCUT2D eigenvalue weighted by Gasteiger charge is -2.32. The normalized spacial score (nSPS) is 17.9. The Bertz CT molecular complexity index is 423. The quantitative estimate of drug-likeness (QED) is 0.753. The van der Waals surface area contributed by atoms with Crippen molar-refractivity contribution in [1.29, 1.82) is 0 Å². The van der Waals surface area contributed by atoms with Crippen LogP contribution in [0.3, 0.4) is 0 Å². The average molecular weight is 324 g/mol. The number of carbonyl (C=O) groups is 1. The monoisotopic (exact) mass is 323 g/mol. The van der Waals surface area contributed by atoms with Crippen molar-refractivity contribution in [2.24, 2.45) is 0 Å². The molecule has 0 N–H and O–H groups in total. The van der Waals surface area contributed by atoms with E-state index in [-0.39, 0.29) is 11.8 Å². The summed E-state index contributed by atoms with van der Waals surface area (Å²) in [6.07, 6.45) is 5.10. The fraction of sp³-hybridized carbons (Fsp3) is 0.562. The van der Waals surface area contributed by atoms with E-state index in [1.165, 1.54) is 25.7 Å². The SMILES string of the molecule is CCN(C1CCCC1)C(C)C(=O)c1ccc(Br)cc1. The molecule has 104 valence electrons. The van der Waals surface area contributed by atoms with Crippen molar-refractivity contribution in [2.75, 3.05) is 6.54 Å². The first-order chi connectivity index (χ1) is 9.13. The molecule has 0 aliphatic heterocycles. The van der Waals surface area contributed by atoms with Crippen LogP contribution in [0.25, 0.3) is 0 Å². The van der Waals surface area contributed by atoms with Crippen LogP contribution in [0.4, 0.5) is 0 Å². The second kappa shape index (κ2) is 6.67. The van der Waals surface area contributed by atoms with E-state index in [2.05, 4.69) is 27.8 Å². The Hall–Kier alpha value is -0.670. The van der Waals surface area contributed by atoms with Crippen molar-refractivity contribution in [3.05, 3.63) is 34.3 Å². The highest BCUT2D eigenvalue weighted by molar-refractivity contribution is 9.10. The van der Waals surface area contributed by atoms with Crippen molar-refractivity contribution >= 4 is 21.7 Å². The summed E-state index contributed by atoms with van der Waals surface area (Å²) in [6, 6.07) is 8.27. The summed E-state index contributed by atoms with van der Waals surface area (Å²) in [7, 11) is 0. The maximum absolute atomic E-state index is 12.6. The zero-order valence-electron chi connectivity index (χ0n) is 11.7. The van der Waals surface area contributed by atoms with Gasteiger partial charge in [-0.15, -0.1) is 0 Å². The van der Waals surface area contributed by atoms with Gasteiger partial charge in [0.2, 0.25) is 0 Å². The molecule has 1 unspecified atom stereocenters. The molecule has 1 aliphatic carbocycles. The van der Waals surface area contributed by atoms with Gasteiger partial charge in [0.25, 0.3) is 0 Å². The molecule has 0 heterocycles. The minimum Gasteiger partial charge on any atom is -0.292 e. The molecule has 2 nitrogen and oxygen atoms in total. The van der Waals surface area contributed by atoms with Crippen molar-refractivity contribution in [3.63, 3.8) is 0 Å². The predicted molar refractivity (Wildman–Crippen MR) is 82.6 cm³/mol. The lowest BCUT2D eigenvalue weighted by Crippen LogP contribution is -2.44. The second-order valence-electron chi connectivity index (χ2n) is 5.32. The van der Waals surface area contributed by atoms with Gasteiger partial charge in [-0.2, -0.15) is 0 Å². The fourth-order valence-corrected chi connectivity index (χ4v) is 3.35. The van der Waals surface area contributed by atoms with E-state index in [0.717, 1.165) is 16.6 Å². The Morgan fingerprint density at radius 3 is 2.42 bits per heavy atom. The zero-order valence-corrected chi connectivity index (χ0v) is 13.3. The molecule has 0 bridgehead atoms. The summed E-state index contributed by atoms with van der Waals surface area (Å²) < 4.78 is 1.01. The molecule has 0 radical (unpaired) electrons. The molecular weight excluding hydrogens is 302 g/mol. The summed E-state index contributed by atoms with van der Waals surface area (Å²) in [6.45, 7) is 5.16. The lowest BCUT2D eigenvalue weighted by atomic mass is 10.0. The van der Waals surface area contributed by atoms with Crippen molar-refractivity contribution in [1.82, 2.24) is 4.90 Å². The fourth-order valence-electron chi connectivity index (χ4n) is 3.09. The number of hydrogen-bond acceptors (Lipinski definition) is 2. The average Bonchev–Trinajstić information content (AvgIpc) is 2.93. The molecule has 0 spiro atoms. The van der Waals surface area contributed by atoms with Crippen molar-refractivity contribution in [3.8, 4) is 0 Å². The van der Waals surface area contributed by atoms with Crippen molar-refractivity contribution in [2.45, 2.75) is 51.6 Å². The Morgan fingerprint density at radius 2 is 1.89 bits per heavy atom. The number of carbonyl (C=O) groups excluding carboxylic acids is 1. The number of likely N-dealkylation sites (N-methyl/N-ethyl adjacent to an activating group) is 1. The van der Waals surface area contributed by atoms with Crippen LogP contribution in [-0.2, 0) is 0 Å². The van der Waals surface area contributed by atoms with Crippen LogP contribution in [0.15, 0.2) is 28.7 Å². The summed E-state index contributed by atoms with van der Waals surface area (Å²) in [5.41, 5.74) is 0.812. The highest BCUT2D eigenvalue weighted by Gasteiger charge is 2.29. The van der Waals surface area contributed by atoms with E-state index in [1.54, 1.807) is 0 Å². The van der Waals surface area contributed by atoms with Gasteiger partial charge in [0, 0.05) is 16.1 Å². The van der Waals surface area contributed by atoms with E-state index >= 15 is 0 Å². The Kier molecular flexibility index (Phi) is 5.17. The first kappa shape index (κ1) is 14.7. The molecule has 2 rings (SSSR count). The van der Waals surface area contributed by atoms with Gasteiger partial charge >= 0.3 is 0 Å². The van der Waals surface area contributed by atoms with Gasteiger partial charge in [-0.3, -0.25) is 9.69 Å². The topological polar surface area (TPSA) is 20.3 Å². The van der Waals surface area contributed by atoms with Gasteiger partial charge in [-0.05, 0) is 38.4 Å². The number of Topliss-reactive ketones (excluding diaryl/α,β-unsaturated/α-hetero) is 1. The highest BCUT2D eigenvalue weighted by Crippen LogP contribution is 2.26. The number of hydrogen-bond donors (Lipinski definition) is 0. The van der Waals surface area contributed by atoms with E-state index in [9.17, 15) is 4.79 Å². The first-order valence-corrected chi connectivity index (χ1v) is 7.98. The van der Waals surface area contributed by atoms with Gasteiger partial charge in [-0.1, -0.05) is 47.8 Å². The predicted octanol–water partition coefficient (Wildman–Crippen LogP) is 4.28. The highest BCUT2D eigenvalue weighted by atomic mass is 79.9. The number of rotatable bonds is 5. The molecule has 0 amide bonds. The Labute approximate surface area is 124 Å². The van der Waals surface area contributed by atoms with Crippen LogP contribution in [0.1, 0.15) is 49.9 Å². The minimum atomic E-state index is -0.0192. The Balaban J connectivity index is 2.10. The standard InChI is InChI=1S/C16H22BrNO/c1-3-18(15-6-4-5-7-15)12(2)16(19)13-8-10-14(17)11-9-13/h8-12,15H,3-7H2,1-2H3. The summed E-state index contributed by atoms with van der Waals surface area (Å²) in [5, 5.41) is 0. The maximum atomic E-state index is 12.6. The molecule has 3 heteroatoms. The van der Waals surface area contributed by atoms with Gasteiger partial charge in [-0.25, -0.2) is 0 Å². The van der Waals surface area contributed by atoms with Crippen LogP contribution < -0.4 is 0 Å². The summed E-state index contributed by atoms with van der Waals surface area (Å²) in [4.78, 5) is 14.9. The van der Waals surface area contributed by atoms with Crippen LogP contribution in [0.2, 0.25) is 0 Å². The molecule has 19 heavy (non-hydrogen) atoms. The number of ketones is 1. The second-order valence-corrected chi connectivity index (χ2v) is 6.23. The Morgan fingerprint density at radius 1 is 1.32 bits per heavy atom. The molecule has 1 aliphatic rings.